The summed E-state index contributed by atoms with van der Waals surface area (Å²) in [4.78, 5) is 17.6. The maximum Gasteiger partial charge on any atom is 0.259 e. The summed E-state index contributed by atoms with van der Waals surface area (Å²) in [6, 6.07) is 9.70. The number of anilines is 1. The number of amides is 1. The van der Waals surface area contributed by atoms with Crippen LogP contribution < -0.4 is 5.32 Å². The zero-order chi connectivity index (χ0) is 19.8. The fourth-order valence-corrected chi connectivity index (χ4v) is 3.57. The van der Waals surface area contributed by atoms with Crippen molar-refractivity contribution in [2.45, 2.75) is 33.6 Å². The Morgan fingerprint density at radius 3 is 2.57 bits per heavy atom. The second kappa shape index (κ2) is 7.12. The van der Waals surface area contributed by atoms with Crippen molar-refractivity contribution in [3.63, 3.8) is 0 Å². The zero-order valence-corrected chi connectivity index (χ0v) is 16.8. The number of hydrogen-bond donors (Lipinski definition) is 1. The van der Waals surface area contributed by atoms with E-state index in [4.69, 9.17) is 4.52 Å². The van der Waals surface area contributed by atoms with Crippen LogP contribution in [0.25, 0.3) is 22.4 Å². The van der Waals surface area contributed by atoms with Crippen molar-refractivity contribution < 1.29 is 9.32 Å². The molecule has 1 aromatic carbocycles. The number of aromatic nitrogens is 4. The van der Waals surface area contributed by atoms with Crippen LogP contribution in [0, 0.1) is 13.8 Å². The van der Waals surface area contributed by atoms with Gasteiger partial charge in [0.05, 0.1) is 22.3 Å². The highest BCUT2D eigenvalue weighted by atomic mass is 32.1. The number of rotatable bonds is 4. The summed E-state index contributed by atoms with van der Waals surface area (Å²) in [5.41, 5.74) is 4.09. The van der Waals surface area contributed by atoms with E-state index >= 15 is 0 Å². The average molecular weight is 393 g/mol. The molecule has 0 spiro atoms. The van der Waals surface area contributed by atoms with Crippen molar-refractivity contribution in [2.24, 2.45) is 0 Å². The van der Waals surface area contributed by atoms with Gasteiger partial charge in [-0.15, -0.1) is 10.2 Å². The molecular formula is C20H19N5O2S. The first-order chi connectivity index (χ1) is 13.4. The molecule has 142 valence electrons. The molecule has 0 saturated heterocycles. The van der Waals surface area contributed by atoms with Gasteiger partial charge >= 0.3 is 0 Å². The van der Waals surface area contributed by atoms with Crippen LogP contribution in [0.3, 0.4) is 0 Å². The largest absolute Gasteiger partial charge is 0.335 e. The van der Waals surface area contributed by atoms with Gasteiger partial charge in [-0.25, -0.2) is 4.98 Å². The summed E-state index contributed by atoms with van der Waals surface area (Å²) in [5.74, 6) is -0.0391. The molecule has 1 N–H and O–H groups in total. The normalized spacial score (nSPS) is 11.3. The van der Waals surface area contributed by atoms with Gasteiger partial charge in [0.1, 0.15) is 5.01 Å². The maximum atomic E-state index is 13.0. The van der Waals surface area contributed by atoms with E-state index in [1.807, 2.05) is 45.0 Å². The standard InChI is InChI=1S/C20H19N5O2S/c1-10(2)19-23-24-20(28-19)22-17(26)14-9-15(13-7-5-11(3)6-8-13)21-18-16(14)12(4)25-27-18/h5-10H,1-4H3,(H,22,24,26). The number of nitrogens with one attached hydrogen (secondary N) is 1. The van der Waals surface area contributed by atoms with Gasteiger partial charge < -0.3 is 4.52 Å². The van der Waals surface area contributed by atoms with Crippen LogP contribution in [0.15, 0.2) is 34.9 Å². The van der Waals surface area contributed by atoms with Gasteiger partial charge in [-0.05, 0) is 19.9 Å². The molecule has 0 aliphatic heterocycles. The molecule has 0 radical (unpaired) electrons. The molecule has 3 aromatic heterocycles. The third-order valence-electron chi connectivity index (χ3n) is 4.36. The van der Waals surface area contributed by atoms with E-state index in [0.717, 1.165) is 16.1 Å². The van der Waals surface area contributed by atoms with Gasteiger partial charge in [-0.3, -0.25) is 10.1 Å². The molecule has 0 saturated carbocycles. The van der Waals surface area contributed by atoms with Crippen molar-refractivity contribution in [2.75, 3.05) is 5.32 Å². The predicted molar refractivity (Wildman–Crippen MR) is 109 cm³/mol. The summed E-state index contributed by atoms with van der Waals surface area (Å²) in [6.45, 7) is 7.88. The number of hydrogen-bond acceptors (Lipinski definition) is 7. The van der Waals surface area contributed by atoms with E-state index in [1.54, 1.807) is 13.0 Å². The Bertz CT molecular complexity index is 1160. The molecule has 7 nitrogen and oxygen atoms in total. The lowest BCUT2D eigenvalue weighted by atomic mass is 10.0. The number of fused-ring (bicyclic) bond motifs is 1. The molecule has 3 heterocycles. The Hall–Kier alpha value is -3.13. The fraction of sp³-hybridized carbons (Fsp3) is 0.250. The van der Waals surface area contributed by atoms with Gasteiger partial charge in [-0.2, -0.15) is 0 Å². The molecule has 1 amide bonds. The topological polar surface area (TPSA) is 93.8 Å². The SMILES string of the molecule is Cc1ccc(-c2cc(C(=O)Nc3nnc(C(C)C)s3)c3c(C)noc3n2)cc1. The number of carbonyl (C=O) groups is 1. The summed E-state index contributed by atoms with van der Waals surface area (Å²) >= 11 is 1.37. The van der Waals surface area contributed by atoms with Crippen molar-refractivity contribution in [1.29, 1.82) is 0 Å². The van der Waals surface area contributed by atoms with E-state index in [0.29, 0.717) is 33.2 Å². The number of carbonyl (C=O) groups excluding carboxylic acids is 1. The first kappa shape index (κ1) is 18.2. The van der Waals surface area contributed by atoms with E-state index in [2.05, 4.69) is 25.7 Å². The molecule has 0 aliphatic rings. The number of aryl methyl sites for hydroxylation is 2. The summed E-state index contributed by atoms with van der Waals surface area (Å²) < 4.78 is 5.34. The maximum absolute atomic E-state index is 13.0. The van der Waals surface area contributed by atoms with Gasteiger partial charge in [0, 0.05) is 11.5 Å². The number of benzene rings is 1. The zero-order valence-electron chi connectivity index (χ0n) is 16.0. The van der Waals surface area contributed by atoms with Gasteiger partial charge in [0.15, 0.2) is 0 Å². The molecule has 4 rings (SSSR count). The lowest BCUT2D eigenvalue weighted by Gasteiger charge is -2.07. The highest BCUT2D eigenvalue weighted by molar-refractivity contribution is 7.15. The quantitative estimate of drug-likeness (QED) is 0.538. The predicted octanol–water partition coefficient (Wildman–Crippen LogP) is 4.73. The van der Waals surface area contributed by atoms with E-state index in [9.17, 15) is 4.79 Å². The van der Waals surface area contributed by atoms with Gasteiger partial charge in [0.2, 0.25) is 5.13 Å². The summed E-state index contributed by atoms with van der Waals surface area (Å²) in [7, 11) is 0. The second-order valence-electron chi connectivity index (χ2n) is 6.92. The van der Waals surface area contributed by atoms with Crippen LogP contribution in [0.5, 0.6) is 0 Å². The third-order valence-corrected chi connectivity index (χ3v) is 5.50. The molecule has 4 aromatic rings. The minimum absolute atomic E-state index is 0.254. The molecule has 0 unspecified atom stereocenters. The molecule has 0 bridgehead atoms. The Labute approximate surface area is 165 Å². The van der Waals surface area contributed by atoms with Gasteiger partial charge in [0.25, 0.3) is 11.6 Å². The number of pyridine rings is 1. The Morgan fingerprint density at radius 2 is 1.89 bits per heavy atom. The van der Waals surface area contributed by atoms with Crippen LogP contribution in [0.2, 0.25) is 0 Å². The molecule has 28 heavy (non-hydrogen) atoms. The highest BCUT2D eigenvalue weighted by Crippen LogP contribution is 2.29. The summed E-state index contributed by atoms with van der Waals surface area (Å²) in [6.07, 6.45) is 0. The van der Waals surface area contributed by atoms with E-state index < -0.39 is 0 Å². The first-order valence-corrected chi connectivity index (χ1v) is 9.73. The lowest BCUT2D eigenvalue weighted by Crippen LogP contribution is -2.13. The minimum atomic E-state index is -0.293. The Balaban J connectivity index is 1.76. The third kappa shape index (κ3) is 3.38. The smallest absolute Gasteiger partial charge is 0.259 e. The summed E-state index contributed by atoms with van der Waals surface area (Å²) in [5, 5.41) is 16.9. The van der Waals surface area contributed by atoms with Crippen LogP contribution in [0.1, 0.15) is 46.4 Å². The van der Waals surface area contributed by atoms with Crippen molar-refractivity contribution in [1.82, 2.24) is 20.3 Å². The highest BCUT2D eigenvalue weighted by Gasteiger charge is 2.20. The second-order valence-corrected chi connectivity index (χ2v) is 7.93. The van der Waals surface area contributed by atoms with E-state index in [-0.39, 0.29) is 11.8 Å². The Kier molecular flexibility index (Phi) is 4.64. The first-order valence-electron chi connectivity index (χ1n) is 8.91. The van der Waals surface area contributed by atoms with Crippen LogP contribution in [-0.4, -0.2) is 26.2 Å². The lowest BCUT2D eigenvalue weighted by molar-refractivity contribution is 0.102. The van der Waals surface area contributed by atoms with Crippen LogP contribution in [-0.2, 0) is 0 Å². The monoisotopic (exact) mass is 393 g/mol. The Morgan fingerprint density at radius 1 is 1.14 bits per heavy atom. The van der Waals surface area contributed by atoms with Crippen LogP contribution >= 0.6 is 11.3 Å². The van der Waals surface area contributed by atoms with Crippen molar-refractivity contribution in [3.8, 4) is 11.3 Å². The van der Waals surface area contributed by atoms with Crippen molar-refractivity contribution >= 4 is 33.5 Å². The fourth-order valence-electron chi connectivity index (χ4n) is 2.83. The minimum Gasteiger partial charge on any atom is -0.335 e. The van der Waals surface area contributed by atoms with Crippen LogP contribution in [0.4, 0.5) is 5.13 Å². The molecule has 0 aliphatic carbocycles. The molecule has 0 fully saturated rings. The molecule has 0 atom stereocenters. The average Bonchev–Trinajstić information content (AvgIpc) is 3.29. The molecular weight excluding hydrogens is 374 g/mol. The van der Waals surface area contributed by atoms with Gasteiger partial charge in [-0.1, -0.05) is 60.2 Å². The number of nitrogens with zero attached hydrogens (tertiary/aromatic N) is 4. The van der Waals surface area contributed by atoms with E-state index in [1.165, 1.54) is 11.3 Å². The molecule has 8 heteroatoms. The van der Waals surface area contributed by atoms with Crippen molar-refractivity contribution in [3.05, 3.63) is 52.2 Å².